The molecule has 180 valence electrons. The van der Waals surface area contributed by atoms with Crippen LogP contribution < -0.4 is 15.6 Å². The minimum atomic E-state index is -2.89. The van der Waals surface area contributed by atoms with Gasteiger partial charge in [-0.3, -0.25) is 14.2 Å². The zero-order chi connectivity index (χ0) is 24.8. The summed E-state index contributed by atoms with van der Waals surface area (Å²) in [7, 11) is 0. The van der Waals surface area contributed by atoms with Gasteiger partial charge in [-0.1, -0.05) is 55.1 Å². The van der Waals surface area contributed by atoms with Gasteiger partial charge in [0.1, 0.15) is 5.75 Å². The summed E-state index contributed by atoms with van der Waals surface area (Å²) in [5.41, 5.74) is 2.93. The molecule has 1 N–H and O–H groups in total. The summed E-state index contributed by atoms with van der Waals surface area (Å²) in [5.74, 6) is -0.152. The largest absolute Gasteiger partial charge is 0.435 e. The molecule has 1 amide bonds. The maximum Gasteiger partial charge on any atom is 0.387 e. The van der Waals surface area contributed by atoms with Crippen molar-refractivity contribution in [3.05, 3.63) is 94.3 Å². The van der Waals surface area contributed by atoms with Gasteiger partial charge >= 0.3 is 6.61 Å². The third-order valence-electron chi connectivity index (χ3n) is 5.32. The predicted molar refractivity (Wildman–Crippen MR) is 132 cm³/mol. The Labute approximate surface area is 205 Å². The van der Waals surface area contributed by atoms with Crippen molar-refractivity contribution in [2.45, 2.75) is 31.7 Å². The Bertz CT molecular complexity index is 1370. The van der Waals surface area contributed by atoms with Crippen LogP contribution in [0.4, 0.5) is 8.78 Å². The Balaban J connectivity index is 1.50. The monoisotopic (exact) mass is 495 g/mol. The first kappa shape index (κ1) is 24.4. The number of amides is 1. The predicted octanol–water partition coefficient (Wildman–Crippen LogP) is 4.96. The number of aryl methyl sites for hydroxylation is 1. The van der Waals surface area contributed by atoms with E-state index in [9.17, 15) is 18.4 Å². The van der Waals surface area contributed by atoms with Crippen LogP contribution >= 0.6 is 11.8 Å². The number of hydrogen-bond donors (Lipinski definition) is 1. The molecule has 35 heavy (non-hydrogen) atoms. The highest BCUT2D eigenvalue weighted by Gasteiger charge is 2.15. The maximum atomic E-state index is 13.3. The average Bonchev–Trinajstić information content (AvgIpc) is 2.87. The van der Waals surface area contributed by atoms with E-state index in [2.05, 4.69) is 22.0 Å². The first-order valence-electron chi connectivity index (χ1n) is 11.0. The molecule has 0 aliphatic carbocycles. The third kappa shape index (κ3) is 6.05. The van der Waals surface area contributed by atoms with Crippen molar-refractivity contribution in [1.82, 2.24) is 14.9 Å². The fraction of sp³-hybridized carbons (Fsp3) is 0.192. The number of carbonyl (C=O) groups is 1. The first-order valence-corrected chi connectivity index (χ1v) is 12.0. The Morgan fingerprint density at radius 3 is 2.40 bits per heavy atom. The molecule has 6 nitrogen and oxygen atoms in total. The fourth-order valence-corrected chi connectivity index (χ4v) is 4.33. The molecule has 0 unspecified atom stereocenters. The lowest BCUT2D eigenvalue weighted by Crippen LogP contribution is -2.26. The van der Waals surface area contributed by atoms with Crippen molar-refractivity contribution in [3.8, 4) is 11.4 Å². The molecular weight excluding hydrogens is 472 g/mol. The molecule has 0 spiro atoms. The normalized spacial score (nSPS) is 11.1. The van der Waals surface area contributed by atoms with Crippen molar-refractivity contribution in [2.75, 3.05) is 5.75 Å². The van der Waals surface area contributed by atoms with Crippen molar-refractivity contribution >= 4 is 28.6 Å². The Morgan fingerprint density at radius 1 is 1.03 bits per heavy atom. The number of rotatable bonds is 9. The van der Waals surface area contributed by atoms with Gasteiger partial charge in [0.25, 0.3) is 5.56 Å². The highest BCUT2D eigenvalue weighted by atomic mass is 32.2. The van der Waals surface area contributed by atoms with Crippen LogP contribution in [0.15, 0.2) is 82.7 Å². The molecule has 4 rings (SSSR count). The van der Waals surface area contributed by atoms with Gasteiger partial charge in [0.2, 0.25) is 5.91 Å². The molecule has 3 aromatic carbocycles. The molecule has 1 aromatic heterocycles. The van der Waals surface area contributed by atoms with E-state index in [1.807, 2.05) is 30.3 Å². The van der Waals surface area contributed by atoms with Gasteiger partial charge < -0.3 is 10.1 Å². The second kappa shape index (κ2) is 11.1. The molecule has 0 radical (unpaired) electrons. The standard InChI is InChI=1S/C26H23F2N3O3S/c1-2-17-7-11-19(12-8-17)31-24(33)21-5-3-4-6-22(21)30-26(31)35-16-23(32)29-15-18-9-13-20(14-10-18)34-25(27)28/h3-14,25H,2,15-16H2,1H3,(H,29,32). The summed E-state index contributed by atoms with van der Waals surface area (Å²) in [4.78, 5) is 30.5. The van der Waals surface area contributed by atoms with Gasteiger partial charge in [0.15, 0.2) is 5.16 Å². The van der Waals surface area contributed by atoms with E-state index in [4.69, 9.17) is 0 Å². The van der Waals surface area contributed by atoms with Crippen molar-refractivity contribution < 1.29 is 18.3 Å². The van der Waals surface area contributed by atoms with E-state index in [1.54, 1.807) is 30.3 Å². The van der Waals surface area contributed by atoms with Gasteiger partial charge in [0.05, 0.1) is 22.3 Å². The molecule has 1 heterocycles. The lowest BCUT2D eigenvalue weighted by Gasteiger charge is -2.14. The van der Waals surface area contributed by atoms with Gasteiger partial charge in [-0.15, -0.1) is 0 Å². The van der Waals surface area contributed by atoms with Crippen molar-refractivity contribution in [1.29, 1.82) is 0 Å². The fourth-order valence-electron chi connectivity index (χ4n) is 3.49. The number of para-hydroxylation sites is 1. The summed E-state index contributed by atoms with van der Waals surface area (Å²) in [6.07, 6.45) is 0.884. The second-order valence-electron chi connectivity index (χ2n) is 7.66. The van der Waals surface area contributed by atoms with Crippen LogP contribution in [0.25, 0.3) is 16.6 Å². The van der Waals surface area contributed by atoms with Crippen molar-refractivity contribution in [2.24, 2.45) is 0 Å². The van der Waals surface area contributed by atoms with Crippen LogP contribution in [-0.4, -0.2) is 27.8 Å². The van der Waals surface area contributed by atoms with Crippen LogP contribution in [0.2, 0.25) is 0 Å². The molecule has 0 saturated heterocycles. The minimum Gasteiger partial charge on any atom is -0.435 e. The van der Waals surface area contributed by atoms with Crippen LogP contribution in [0, 0.1) is 0 Å². The molecule has 0 atom stereocenters. The summed E-state index contributed by atoms with van der Waals surface area (Å²) >= 11 is 1.17. The number of alkyl halides is 2. The first-order chi connectivity index (χ1) is 16.9. The molecule has 4 aromatic rings. The highest BCUT2D eigenvalue weighted by molar-refractivity contribution is 7.99. The zero-order valence-electron chi connectivity index (χ0n) is 18.9. The minimum absolute atomic E-state index is 0.0460. The molecular formula is C26H23F2N3O3S. The van der Waals surface area contributed by atoms with Crippen molar-refractivity contribution in [3.63, 3.8) is 0 Å². The summed E-state index contributed by atoms with van der Waals surface area (Å²) in [6, 6.07) is 20.9. The molecule has 0 bridgehead atoms. The van der Waals surface area contributed by atoms with Gasteiger partial charge in [-0.2, -0.15) is 8.78 Å². The number of fused-ring (bicyclic) bond motifs is 1. The smallest absolute Gasteiger partial charge is 0.387 e. The molecule has 0 saturated carbocycles. The molecule has 0 fully saturated rings. The number of nitrogens with one attached hydrogen (secondary N) is 1. The Kier molecular flexibility index (Phi) is 7.77. The number of ether oxygens (including phenoxy) is 1. The molecule has 0 aliphatic rings. The number of thioether (sulfide) groups is 1. The summed E-state index contributed by atoms with van der Waals surface area (Å²) in [5, 5.41) is 3.71. The quantitative estimate of drug-likeness (QED) is 0.263. The Morgan fingerprint density at radius 2 is 1.71 bits per heavy atom. The topological polar surface area (TPSA) is 73.2 Å². The number of aromatic nitrogens is 2. The van der Waals surface area contributed by atoms with Gasteiger partial charge in [-0.25, -0.2) is 4.98 Å². The van der Waals surface area contributed by atoms with E-state index in [-0.39, 0.29) is 29.5 Å². The van der Waals surface area contributed by atoms with Crippen LogP contribution in [0.3, 0.4) is 0 Å². The van der Waals surface area contributed by atoms with Crippen LogP contribution in [-0.2, 0) is 17.8 Å². The van der Waals surface area contributed by atoms with E-state index >= 15 is 0 Å². The van der Waals surface area contributed by atoms with Gasteiger partial charge in [0, 0.05) is 6.54 Å². The zero-order valence-corrected chi connectivity index (χ0v) is 19.7. The van der Waals surface area contributed by atoms with Gasteiger partial charge in [-0.05, 0) is 53.9 Å². The van der Waals surface area contributed by atoms with Crippen LogP contribution in [0.1, 0.15) is 18.1 Å². The number of nitrogens with zero attached hydrogens (tertiary/aromatic N) is 2. The highest BCUT2D eigenvalue weighted by Crippen LogP contribution is 2.22. The lowest BCUT2D eigenvalue weighted by atomic mass is 10.1. The number of carbonyl (C=O) groups excluding carboxylic acids is 1. The number of halogens is 2. The maximum absolute atomic E-state index is 13.3. The summed E-state index contributed by atoms with van der Waals surface area (Å²) < 4.78 is 30.4. The van der Waals surface area contributed by atoms with E-state index in [0.29, 0.717) is 21.7 Å². The van der Waals surface area contributed by atoms with E-state index < -0.39 is 6.61 Å². The average molecular weight is 496 g/mol. The SMILES string of the molecule is CCc1ccc(-n2c(SCC(=O)NCc3ccc(OC(F)F)cc3)nc3ccccc3c2=O)cc1. The second-order valence-corrected chi connectivity index (χ2v) is 8.60. The van der Waals surface area contributed by atoms with E-state index in [1.165, 1.54) is 28.5 Å². The number of hydrogen-bond acceptors (Lipinski definition) is 5. The molecule has 9 heteroatoms. The van der Waals surface area contributed by atoms with Crippen LogP contribution in [0.5, 0.6) is 5.75 Å². The molecule has 0 aliphatic heterocycles. The summed E-state index contributed by atoms with van der Waals surface area (Å²) in [6.45, 7) is -0.599. The number of benzene rings is 3. The van der Waals surface area contributed by atoms with E-state index in [0.717, 1.165) is 17.5 Å². The Hall–Kier alpha value is -3.72. The lowest BCUT2D eigenvalue weighted by molar-refractivity contribution is -0.118. The third-order valence-corrected chi connectivity index (χ3v) is 6.26.